The maximum Gasteiger partial charge on any atom is 0.339 e. The van der Waals surface area contributed by atoms with Crippen LogP contribution >= 0.6 is 15.9 Å². The second-order valence-corrected chi connectivity index (χ2v) is 6.10. The van der Waals surface area contributed by atoms with Crippen LogP contribution < -0.4 is 4.74 Å². The molecular formula is C17H15BrO3. The number of carboxylic acids is 1. The van der Waals surface area contributed by atoms with Crippen LogP contribution in [0.2, 0.25) is 0 Å². The summed E-state index contributed by atoms with van der Waals surface area (Å²) in [7, 11) is 0. The molecule has 4 heteroatoms. The minimum absolute atomic E-state index is 0.163. The van der Waals surface area contributed by atoms with E-state index in [9.17, 15) is 9.90 Å². The van der Waals surface area contributed by atoms with Crippen LogP contribution in [0.25, 0.3) is 0 Å². The first kappa shape index (κ1) is 14.1. The molecule has 2 aromatic rings. The van der Waals surface area contributed by atoms with Gasteiger partial charge in [-0.1, -0.05) is 22.0 Å². The number of aromatic carboxylic acids is 1. The standard InChI is InChI=1S/C17H15BrO3/c18-13-6-8-15(17(19)20)16(10-13)21-14-7-5-11-3-1-2-4-12(11)9-14/h5-10H,1-4H2,(H,19,20). The molecule has 3 nitrogen and oxygen atoms in total. The molecule has 108 valence electrons. The van der Waals surface area contributed by atoms with Gasteiger partial charge in [0, 0.05) is 4.47 Å². The van der Waals surface area contributed by atoms with E-state index in [0.717, 1.165) is 17.3 Å². The number of aryl methyl sites for hydroxylation is 2. The average Bonchev–Trinajstić information content (AvgIpc) is 2.47. The first-order chi connectivity index (χ1) is 10.1. The molecule has 0 bridgehead atoms. The molecule has 1 aliphatic carbocycles. The molecule has 1 N–H and O–H groups in total. The monoisotopic (exact) mass is 346 g/mol. The normalized spacial score (nSPS) is 13.6. The Hall–Kier alpha value is -1.81. The van der Waals surface area contributed by atoms with E-state index in [0.29, 0.717) is 11.5 Å². The van der Waals surface area contributed by atoms with Crippen LogP contribution in [-0.4, -0.2) is 11.1 Å². The number of hydrogen-bond acceptors (Lipinski definition) is 2. The van der Waals surface area contributed by atoms with Gasteiger partial charge < -0.3 is 9.84 Å². The van der Waals surface area contributed by atoms with Gasteiger partial charge in [0.25, 0.3) is 0 Å². The summed E-state index contributed by atoms with van der Waals surface area (Å²) in [5, 5.41) is 9.23. The number of rotatable bonds is 3. The summed E-state index contributed by atoms with van der Waals surface area (Å²) < 4.78 is 6.60. The molecule has 3 rings (SSSR count). The molecule has 0 heterocycles. The van der Waals surface area contributed by atoms with Crippen molar-refractivity contribution in [2.45, 2.75) is 25.7 Å². The van der Waals surface area contributed by atoms with Crippen molar-refractivity contribution in [2.75, 3.05) is 0 Å². The van der Waals surface area contributed by atoms with Gasteiger partial charge in [0.1, 0.15) is 17.1 Å². The lowest BCUT2D eigenvalue weighted by Gasteiger charge is -2.17. The van der Waals surface area contributed by atoms with Gasteiger partial charge in [0.15, 0.2) is 0 Å². The zero-order valence-corrected chi connectivity index (χ0v) is 13.0. The highest BCUT2D eigenvalue weighted by Crippen LogP contribution is 2.31. The Morgan fingerprint density at radius 3 is 2.57 bits per heavy atom. The molecule has 0 amide bonds. The third kappa shape index (κ3) is 3.10. The van der Waals surface area contributed by atoms with E-state index >= 15 is 0 Å². The maximum absolute atomic E-state index is 11.3. The Kier molecular flexibility index (Phi) is 3.97. The summed E-state index contributed by atoms with van der Waals surface area (Å²) >= 11 is 3.35. The molecule has 0 spiro atoms. The molecule has 21 heavy (non-hydrogen) atoms. The van der Waals surface area contributed by atoms with Crippen molar-refractivity contribution in [1.29, 1.82) is 0 Å². The number of halogens is 1. The van der Waals surface area contributed by atoms with E-state index < -0.39 is 5.97 Å². The van der Waals surface area contributed by atoms with Gasteiger partial charge in [-0.3, -0.25) is 0 Å². The van der Waals surface area contributed by atoms with Crippen molar-refractivity contribution in [3.8, 4) is 11.5 Å². The summed E-state index contributed by atoms with van der Waals surface area (Å²) in [5.41, 5.74) is 2.85. The van der Waals surface area contributed by atoms with Gasteiger partial charge in [-0.2, -0.15) is 0 Å². The molecule has 0 aliphatic heterocycles. The molecule has 0 aromatic heterocycles. The lowest BCUT2D eigenvalue weighted by atomic mass is 9.92. The number of carboxylic acid groups (broad SMARTS) is 1. The Labute approximate surface area is 131 Å². The zero-order valence-electron chi connectivity index (χ0n) is 11.4. The summed E-state index contributed by atoms with van der Waals surface area (Å²) in [6.45, 7) is 0. The van der Waals surface area contributed by atoms with E-state index in [1.165, 1.54) is 24.0 Å². The minimum Gasteiger partial charge on any atom is -0.478 e. The molecule has 0 unspecified atom stereocenters. The Balaban J connectivity index is 1.93. The highest BCUT2D eigenvalue weighted by Gasteiger charge is 2.14. The third-order valence-corrected chi connectivity index (χ3v) is 4.22. The van der Waals surface area contributed by atoms with Gasteiger partial charge in [-0.25, -0.2) is 4.79 Å². The Morgan fingerprint density at radius 2 is 1.81 bits per heavy atom. The third-order valence-electron chi connectivity index (χ3n) is 3.72. The van der Waals surface area contributed by atoms with Gasteiger partial charge in [-0.05, 0) is 67.1 Å². The SMILES string of the molecule is O=C(O)c1ccc(Br)cc1Oc1ccc2c(c1)CCCC2. The number of fused-ring (bicyclic) bond motifs is 1. The lowest BCUT2D eigenvalue weighted by Crippen LogP contribution is -2.03. The Bertz CT molecular complexity index is 694. The number of hydrogen-bond donors (Lipinski definition) is 1. The summed E-state index contributed by atoms with van der Waals surface area (Å²) in [6, 6.07) is 11.0. The zero-order chi connectivity index (χ0) is 14.8. The molecule has 0 saturated heterocycles. The highest BCUT2D eigenvalue weighted by molar-refractivity contribution is 9.10. The molecular weight excluding hydrogens is 332 g/mol. The van der Waals surface area contributed by atoms with E-state index in [1.54, 1.807) is 18.2 Å². The maximum atomic E-state index is 11.3. The lowest BCUT2D eigenvalue weighted by molar-refractivity contribution is 0.0694. The molecule has 1 aliphatic rings. The van der Waals surface area contributed by atoms with E-state index in [2.05, 4.69) is 22.0 Å². The smallest absolute Gasteiger partial charge is 0.339 e. The first-order valence-electron chi connectivity index (χ1n) is 6.96. The fourth-order valence-corrected chi connectivity index (χ4v) is 3.00. The second-order valence-electron chi connectivity index (χ2n) is 5.19. The molecule has 0 saturated carbocycles. The fourth-order valence-electron chi connectivity index (χ4n) is 2.66. The van der Waals surface area contributed by atoms with Gasteiger partial charge in [0.05, 0.1) is 0 Å². The largest absolute Gasteiger partial charge is 0.478 e. The fraction of sp³-hybridized carbons (Fsp3) is 0.235. The van der Waals surface area contributed by atoms with Crippen molar-refractivity contribution in [1.82, 2.24) is 0 Å². The van der Waals surface area contributed by atoms with Gasteiger partial charge in [-0.15, -0.1) is 0 Å². The van der Waals surface area contributed by atoms with Crippen molar-refractivity contribution in [3.05, 3.63) is 57.6 Å². The number of benzene rings is 2. The molecule has 0 atom stereocenters. The average molecular weight is 347 g/mol. The summed E-state index contributed by atoms with van der Waals surface area (Å²) in [5.74, 6) is 0.0549. The van der Waals surface area contributed by atoms with Crippen molar-refractivity contribution in [3.63, 3.8) is 0 Å². The van der Waals surface area contributed by atoms with Gasteiger partial charge in [0.2, 0.25) is 0 Å². The van der Waals surface area contributed by atoms with Crippen LogP contribution in [0.3, 0.4) is 0 Å². The summed E-state index contributed by atoms with van der Waals surface area (Å²) in [4.78, 5) is 11.3. The molecule has 2 aromatic carbocycles. The van der Waals surface area contributed by atoms with Crippen molar-refractivity contribution < 1.29 is 14.6 Å². The van der Waals surface area contributed by atoms with Crippen LogP contribution in [-0.2, 0) is 12.8 Å². The van der Waals surface area contributed by atoms with Crippen LogP contribution in [0.1, 0.15) is 34.3 Å². The van der Waals surface area contributed by atoms with Gasteiger partial charge >= 0.3 is 5.97 Å². The minimum atomic E-state index is -0.990. The highest BCUT2D eigenvalue weighted by atomic mass is 79.9. The van der Waals surface area contributed by atoms with Crippen LogP contribution in [0.15, 0.2) is 40.9 Å². The first-order valence-corrected chi connectivity index (χ1v) is 7.75. The van der Waals surface area contributed by atoms with E-state index in [-0.39, 0.29) is 5.56 Å². The molecule has 0 fully saturated rings. The van der Waals surface area contributed by atoms with Crippen molar-refractivity contribution >= 4 is 21.9 Å². The van der Waals surface area contributed by atoms with Crippen LogP contribution in [0.4, 0.5) is 0 Å². The number of ether oxygens (including phenoxy) is 1. The van der Waals surface area contributed by atoms with Crippen molar-refractivity contribution in [2.24, 2.45) is 0 Å². The summed E-state index contributed by atoms with van der Waals surface area (Å²) in [6.07, 6.45) is 4.62. The predicted molar refractivity (Wildman–Crippen MR) is 84.3 cm³/mol. The number of carbonyl (C=O) groups is 1. The van der Waals surface area contributed by atoms with Crippen LogP contribution in [0.5, 0.6) is 11.5 Å². The second kappa shape index (κ2) is 5.90. The topological polar surface area (TPSA) is 46.5 Å². The molecule has 0 radical (unpaired) electrons. The van der Waals surface area contributed by atoms with E-state index in [1.807, 2.05) is 12.1 Å². The predicted octanol–water partition coefficient (Wildman–Crippen LogP) is 4.82. The van der Waals surface area contributed by atoms with E-state index in [4.69, 9.17) is 4.74 Å². The van der Waals surface area contributed by atoms with Crippen LogP contribution in [0, 0.1) is 0 Å². The quantitative estimate of drug-likeness (QED) is 0.866. The Morgan fingerprint density at radius 1 is 1.05 bits per heavy atom.